The summed E-state index contributed by atoms with van der Waals surface area (Å²) < 4.78 is 0. The van der Waals surface area contributed by atoms with Crippen LogP contribution in [0.25, 0.3) is 0 Å². The monoisotopic (exact) mass is 315 g/mol. The minimum atomic E-state index is 0.104. The van der Waals surface area contributed by atoms with Gasteiger partial charge in [0.25, 0.3) is 5.91 Å². The predicted molar refractivity (Wildman–Crippen MR) is 74.0 cm³/mol. The lowest BCUT2D eigenvalue weighted by Gasteiger charge is -2.24. The van der Waals surface area contributed by atoms with Gasteiger partial charge in [-0.2, -0.15) is 0 Å². The fraction of sp³-hybridized carbons (Fsp3) is 0.462. The van der Waals surface area contributed by atoms with Gasteiger partial charge in [0.1, 0.15) is 0 Å². The van der Waals surface area contributed by atoms with Crippen LogP contribution in [0.3, 0.4) is 0 Å². The van der Waals surface area contributed by atoms with E-state index >= 15 is 0 Å². The van der Waals surface area contributed by atoms with Crippen LogP contribution < -0.4 is 0 Å². The van der Waals surface area contributed by atoms with Gasteiger partial charge in [-0.25, -0.2) is 0 Å². The Labute approximate surface area is 115 Å². The van der Waals surface area contributed by atoms with Crippen LogP contribution in [0.15, 0.2) is 18.2 Å². The summed E-state index contributed by atoms with van der Waals surface area (Å²) >= 11 is 9.53. The zero-order chi connectivity index (χ0) is 12.4. The highest BCUT2D eigenvalue weighted by Crippen LogP contribution is 2.25. The molecule has 0 saturated carbocycles. The number of carbonyl (C=O) groups excluding carboxylic acids is 1. The molecule has 1 atom stereocenters. The quantitative estimate of drug-likeness (QED) is 0.763. The molecule has 2 rings (SSSR count). The molecule has 0 N–H and O–H groups in total. The number of likely N-dealkylation sites (tertiary alicyclic amines) is 1. The second-order valence-corrected chi connectivity index (χ2v) is 5.42. The lowest BCUT2D eigenvalue weighted by Crippen LogP contribution is -2.36. The maximum atomic E-state index is 12.4. The van der Waals surface area contributed by atoms with Crippen LogP contribution in [-0.4, -0.2) is 28.7 Å². The van der Waals surface area contributed by atoms with Gasteiger partial charge < -0.3 is 4.90 Å². The zero-order valence-corrected chi connectivity index (χ0v) is 12.1. The summed E-state index contributed by atoms with van der Waals surface area (Å²) in [5.74, 6) is 0.104. The molecule has 0 aromatic heterocycles. The van der Waals surface area contributed by atoms with Crippen molar-refractivity contribution in [1.82, 2.24) is 4.90 Å². The third-order valence-electron chi connectivity index (χ3n) is 3.31. The largest absolute Gasteiger partial charge is 0.335 e. The van der Waals surface area contributed by atoms with E-state index < -0.39 is 0 Å². The van der Waals surface area contributed by atoms with Gasteiger partial charge in [0.05, 0.1) is 0 Å². The molecule has 0 radical (unpaired) electrons. The van der Waals surface area contributed by atoms with Gasteiger partial charge in [-0.1, -0.05) is 33.6 Å². The van der Waals surface area contributed by atoms with Crippen molar-refractivity contribution in [2.75, 3.05) is 11.9 Å². The van der Waals surface area contributed by atoms with E-state index in [0.717, 1.165) is 35.8 Å². The summed E-state index contributed by atoms with van der Waals surface area (Å²) in [4.78, 5) is 14.4. The molecule has 1 fully saturated rings. The lowest BCUT2D eigenvalue weighted by molar-refractivity contribution is 0.0750. The smallest absolute Gasteiger partial charge is 0.254 e. The standard InChI is InChI=1S/C13H15BrClNO/c1-9-11(5-2-6-12(9)15)13(17)16-7-3-4-10(16)8-14/h2,5-6,10H,3-4,7-8H2,1H3. The van der Waals surface area contributed by atoms with Crippen LogP contribution >= 0.6 is 27.5 Å². The molecule has 4 heteroatoms. The number of hydrogen-bond donors (Lipinski definition) is 0. The third kappa shape index (κ3) is 2.50. The average molecular weight is 317 g/mol. The number of rotatable bonds is 2. The van der Waals surface area contributed by atoms with Crippen LogP contribution in [-0.2, 0) is 0 Å². The van der Waals surface area contributed by atoms with Gasteiger partial charge in [-0.3, -0.25) is 4.79 Å². The Morgan fingerprint density at radius 1 is 1.59 bits per heavy atom. The van der Waals surface area contributed by atoms with Crippen LogP contribution in [0.5, 0.6) is 0 Å². The summed E-state index contributed by atoms with van der Waals surface area (Å²) in [6.45, 7) is 2.75. The average Bonchev–Trinajstić information content (AvgIpc) is 2.80. The molecular weight excluding hydrogens is 302 g/mol. The van der Waals surface area contributed by atoms with Crippen LogP contribution in [0, 0.1) is 6.92 Å². The second kappa shape index (κ2) is 5.40. The fourth-order valence-corrected chi connectivity index (χ4v) is 3.11. The Morgan fingerprint density at radius 3 is 3.06 bits per heavy atom. The number of amides is 1. The van der Waals surface area contributed by atoms with Crippen molar-refractivity contribution >= 4 is 33.4 Å². The number of nitrogens with zero attached hydrogens (tertiary/aromatic N) is 1. The minimum absolute atomic E-state index is 0.104. The zero-order valence-electron chi connectivity index (χ0n) is 9.75. The molecule has 2 nitrogen and oxygen atoms in total. The minimum Gasteiger partial charge on any atom is -0.335 e. The predicted octanol–water partition coefficient (Wildman–Crippen LogP) is 3.65. The number of benzene rings is 1. The summed E-state index contributed by atoms with van der Waals surface area (Å²) in [6.07, 6.45) is 2.16. The Morgan fingerprint density at radius 2 is 2.35 bits per heavy atom. The summed E-state index contributed by atoms with van der Waals surface area (Å²) in [5, 5.41) is 1.50. The number of alkyl halides is 1. The van der Waals surface area contributed by atoms with E-state index in [9.17, 15) is 4.79 Å². The second-order valence-electron chi connectivity index (χ2n) is 4.36. The maximum absolute atomic E-state index is 12.4. The van der Waals surface area contributed by atoms with E-state index in [4.69, 9.17) is 11.6 Å². The highest BCUT2D eigenvalue weighted by molar-refractivity contribution is 9.09. The van der Waals surface area contributed by atoms with Crippen molar-refractivity contribution in [3.63, 3.8) is 0 Å². The Balaban J connectivity index is 2.28. The van der Waals surface area contributed by atoms with Gasteiger partial charge in [0.2, 0.25) is 0 Å². The van der Waals surface area contributed by atoms with E-state index in [1.165, 1.54) is 0 Å². The molecule has 1 saturated heterocycles. The van der Waals surface area contributed by atoms with Crippen molar-refractivity contribution in [1.29, 1.82) is 0 Å². The van der Waals surface area contributed by atoms with Crippen LogP contribution in [0.1, 0.15) is 28.8 Å². The van der Waals surface area contributed by atoms with Crippen molar-refractivity contribution in [2.24, 2.45) is 0 Å². The van der Waals surface area contributed by atoms with E-state index in [2.05, 4.69) is 15.9 Å². The third-order valence-corrected chi connectivity index (χ3v) is 4.47. The lowest BCUT2D eigenvalue weighted by atomic mass is 10.1. The molecule has 0 spiro atoms. The molecule has 1 heterocycles. The number of carbonyl (C=O) groups is 1. The molecule has 1 aromatic carbocycles. The van der Waals surface area contributed by atoms with Crippen LogP contribution in [0.4, 0.5) is 0 Å². The van der Waals surface area contributed by atoms with Gasteiger partial charge in [-0.15, -0.1) is 0 Å². The van der Waals surface area contributed by atoms with E-state index in [1.54, 1.807) is 0 Å². The summed E-state index contributed by atoms with van der Waals surface area (Å²) in [6, 6.07) is 5.83. The molecule has 92 valence electrons. The van der Waals surface area contributed by atoms with E-state index in [1.807, 2.05) is 30.0 Å². The molecule has 0 bridgehead atoms. The number of halogens is 2. The maximum Gasteiger partial charge on any atom is 0.254 e. The first-order chi connectivity index (χ1) is 8.15. The van der Waals surface area contributed by atoms with Gasteiger partial charge >= 0.3 is 0 Å². The first-order valence-electron chi connectivity index (χ1n) is 5.77. The highest BCUT2D eigenvalue weighted by atomic mass is 79.9. The molecule has 1 unspecified atom stereocenters. The van der Waals surface area contributed by atoms with Gasteiger partial charge in [0, 0.05) is 28.5 Å². The first-order valence-corrected chi connectivity index (χ1v) is 7.27. The molecule has 1 amide bonds. The SMILES string of the molecule is Cc1c(Cl)cccc1C(=O)N1CCCC1CBr. The van der Waals surface area contributed by atoms with E-state index in [0.29, 0.717) is 11.1 Å². The molecule has 1 aromatic rings. The molecule has 17 heavy (non-hydrogen) atoms. The first kappa shape index (κ1) is 12.9. The summed E-state index contributed by atoms with van der Waals surface area (Å²) in [7, 11) is 0. The Kier molecular flexibility index (Phi) is 4.10. The molecular formula is C13H15BrClNO. The van der Waals surface area contributed by atoms with Gasteiger partial charge in [-0.05, 0) is 37.5 Å². The van der Waals surface area contributed by atoms with Crippen molar-refractivity contribution in [2.45, 2.75) is 25.8 Å². The normalized spacial score (nSPS) is 19.7. The highest BCUT2D eigenvalue weighted by Gasteiger charge is 2.29. The number of hydrogen-bond acceptors (Lipinski definition) is 1. The molecule has 0 aliphatic carbocycles. The van der Waals surface area contributed by atoms with Crippen molar-refractivity contribution < 1.29 is 4.79 Å². The van der Waals surface area contributed by atoms with Gasteiger partial charge in [0.15, 0.2) is 0 Å². The molecule has 1 aliphatic rings. The Hall–Kier alpha value is -0.540. The molecule has 1 aliphatic heterocycles. The van der Waals surface area contributed by atoms with Crippen molar-refractivity contribution in [3.05, 3.63) is 34.3 Å². The van der Waals surface area contributed by atoms with Crippen LogP contribution in [0.2, 0.25) is 5.02 Å². The van der Waals surface area contributed by atoms with Crippen molar-refractivity contribution in [3.8, 4) is 0 Å². The Bertz CT molecular complexity index is 435. The van der Waals surface area contributed by atoms with E-state index in [-0.39, 0.29) is 5.91 Å². The fourth-order valence-electron chi connectivity index (χ4n) is 2.26. The topological polar surface area (TPSA) is 20.3 Å². The summed E-state index contributed by atoms with van der Waals surface area (Å²) in [5.41, 5.74) is 1.60.